The minimum atomic E-state index is 0.672. The van der Waals surface area contributed by atoms with Gasteiger partial charge in [-0.2, -0.15) is 0 Å². The van der Waals surface area contributed by atoms with E-state index in [4.69, 9.17) is 0 Å². The van der Waals surface area contributed by atoms with Crippen LogP contribution < -0.4 is 5.32 Å². The van der Waals surface area contributed by atoms with Crippen LogP contribution in [0.1, 0.15) is 26.7 Å². The first kappa shape index (κ1) is 12.3. The van der Waals surface area contributed by atoms with E-state index in [0.29, 0.717) is 6.04 Å². The third kappa shape index (κ3) is 3.44. The molecule has 2 heterocycles. The molecule has 2 saturated heterocycles. The summed E-state index contributed by atoms with van der Waals surface area (Å²) in [7, 11) is 0. The van der Waals surface area contributed by atoms with E-state index in [1.807, 2.05) is 0 Å². The van der Waals surface area contributed by atoms with Crippen LogP contribution in [0.25, 0.3) is 0 Å². The van der Waals surface area contributed by atoms with Gasteiger partial charge in [-0.05, 0) is 51.9 Å². The number of nitrogens with one attached hydrogen (secondary N) is 1. The zero-order valence-corrected chi connectivity index (χ0v) is 10.9. The van der Waals surface area contributed by atoms with Crippen LogP contribution in [0.3, 0.4) is 0 Å². The molecule has 16 heavy (non-hydrogen) atoms. The minimum absolute atomic E-state index is 0.672. The fraction of sp³-hybridized carbons (Fsp3) is 1.00. The summed E-state index contributed by atoms with van der Waals surface area (Å²) in [5, 5.41) is 3.57. The molecule has 2 aliphatic heterocycles. The number of hydrogen-bond acceptors (Lipinski definition) is 3. The molecule has 0 amide bonds. The van der Waals surface area contributed by atoms with E-state index in [0.717, 1.165) is 5.92 Å². The lowest BCUT2D eigenvalue weighted by molar-refractivity contribution is 0.226. The summed E-state index contributed by atoms with van der Waals surface area (Å²) < 4.78 is 0. The van der Waals surface area contributed by atoms with Gasteiger partial charge in [-0.25, -0.2) is 0 Å². The summed E-state index contributed by atoms with van der Waals surface area (Å²) in [6, 6.07) is 0.672. The molecule has 2 atom stereocenters. The third-order valence-corrected chi connectivity index (χ3v) is 4.01. The number of likely N-dealkylation sites (tertiary alicyclic amines) is 1. The highest BCUT2D eigenvalue weighted by Crippen LogP contribution is 2.17. The molecular formula is C13H27N3. The van der Waals surface area contributed by atoms with Crippen molar-refractivity contribution in [3.8, 4) is 0 Å². The molecule has 0 aliphatic carbocycles. The van der Waals surface area contributed by atoms with E-state index < -0.39 is 0 Å². The Hall–Kier alpha value is -0.120. The Morgan fingerprint density at radius 3 is 2.81 bits per heavy atom. The number of hydrogen-bond donors (Lipinski definition) is 1. The molecule has 1 N–H and O–H groups in total. The highest BCUT2D eigenvalue weighted by atomic mass is 15.2. The van der Waals surface area contributed by atoms with Crippen molar-refractivity contribution < 1.29 is 0 Å². The zero-order valence-electron chi connectivity index (χ0n) is 10.9. The molecule has 0 spiro atoms. The van der Waals surface area contributed by atoms with E-state index in [9.17, 15) is 0 Å². The normalized spacial score (nSPS) is 34.1. The molecule has 0 bridgehead atoms. The molecular weight excluding hydrogens is 198 g/mol. The SMILES string of the molecule is CCN1CCC(CN2CCCNC(C)C2)C1. The van der Waals surface area contributed by atoms with Crippen LogP contribution in [0, 0.1) is 5.92 Å². The summed E-state index contributed by atoms with van der Waals surface area (Å²) in [5.41, 5.74) is 0. The van der Waals surface area contributed by atoms with Crippen LogP contribution in [0.4, 0.5) is 0 Å². The molecule has 0 saturated carbocycles. The number of rotatable bonds is 3. The molecule has 2 aliphatic rings. The van der Waals surface area contributed by atoms with Gasteiger partial charge < -0.3 is 15.1 Å². The Morgan fingerprint density at radius 2 is 2.06 bits per heavy atom. The second-order valence-corrected chi connectivity index (χ2v) is 5.52. The van der Waals surface area contributed by atoms with Gasteiger partial charge in [0.15, 0.2) is 0 Å². The molecule has 0 aromatic rings. The molecule has 0 radical (unpaired) electrons. The van der Waals surface area contributed by atoms with Gasteiger partial charge in [0, 0.05) is 25.7 Å². The van der Waals surface area contributed by atoms with Crippen molar-refractivity contribution in [2.24, 2.45) is 5.92 Å². The van der Waals surface area contributed by atoms with Crippen molar-refractivity contribution in [1.82, 2.24) is 15.1 Å². The van der Waals surface area contributed by atoms with E-state index in [-0.39, 0.29) is 0 Å². The second kappa shape index (κ2) is 5.99. The monoisotopic (exact) mass is 225 g/mol. The van der Waals surface area contributed by atoms with Gasteiger partial charge in [-0.15, -0.1) is 0 Å². The van der Waals surface area contributed by atoms with Crippen molar-refractivity contribution in [2.75, 3.05) is 45.8 Å². The van der Waals surface area contributed by atoms with Crippen molar-refractivity contribution in [3.05, 3.63) is 0 Å². The molecule has 94 valence electrons. The second-order valence-electron chi connectivity index (χ2n) is 5.52. The van der Waals surface area contributed by atoms with E-state index >= 15 is 0 Å². The molecule has 3 heteroatoms. The Labute approximate surface area is 100 Å². The molecule has 2 unspecified atom stereocenters. The fourth-order valence-electron chi connectivity index (χ4n) is 3.07. The van der Waals surface area contributed by atoms with Crippen molar-refractivity contribution >= 4 is 0 Å². The van der Waals surface area contributed by atoms with E-state index in [2.05, 4.69) is 29.0 Å². The predicted molar refractivity (Wildman–Crippen MR) is 68.7 cm³/mol. The van der Waals surface area contributed by atoms with E-state index in [1.165, 1.54) is 58.7 Å². The van der Waals surface area contributed by atoms with Crippen molar-refractivity contribution in [1.29, 1.82) is 0 Å². The van der Waals surface area contributed by atoms with Gasteiger partial charge in [-0.1, -0.05) is 6.92 Å². The van der Waals surface area contributed by atoms with Crippen LogP contribution in [0.15, 0.2) is 0 Å². The smallest absolute Gasteiger partial charge is 0.0166 e. The Balaban J connectivity index is 1.75. The summed E-state index contributed by atoms with van der Waals surface area (Å²) in [6.07, 6.45) is 2.72. The number of nitrogens with zero attached hydrogens (tertiary/aromatic N) is 2. The van der Waals surface area contributed by atoms with Crippen LogP contribution in [-0.4, -0.2) is 61.7 Å². The van der Waals surface area contributed by atoms with Crippen molar-refractivity contribution in [2.45, 2.75) is 32.7 Å². The predicted octanol–water partition coefficient (Wildman–Crippen LogP) is 1.01. The summed E-state index contributed by atoms with van der Waals surface area (Å²) in [6.45, 7) is 13.5. The maximum absolute atomic E-state index is 3.57. The molecule has 2 rings (SSSR count). The standard InChI is InChI=1S/C13H27N3/c1-3-15-8-5-13(10-15)11-16-7-4-6-14-12(2)9-16/h12-14H,3-11H2,1-2H3. The van der Waals surface area contributed by atoms with Gasteiger partial charge in [0.1, 0.15) is 0 Å². The summed E-state index contributed by atoms with van der Waals surface area (Å²) >= 11 is 0. The van der Waals surface area contributed by atoms with Gasteiger partial charge >= 0.3 is 0 Å². The average molecular weight is 225 g/mol. The fourth-order valence-corrected chi connectivity index (χ4v) is 3.07. The molecule has 0 aromatic heterocycles. The van der Waals surface area contributed by atoms with Crippen LogP contribution >= 0.6 is 0 Å². The van der Waals surface area contributed by atoms with Crippen molar-refractivity contribution in [3.63, 3.8) is 0 Å². The van der Waals surface area contributed by atoms with Gasteiger partial charge in [0.05, 0.1) is 0 Å². The van der Waals surface area contributed by atoms with E-state index in [1.54, 1.807) is 0 Å². The van der Waals surface area contributed by atoms with Gasteiger partial charge in [0.2, 0.25) is 0 Å². The lowest BCUT2D eigenvalue weighted by Crippen LogP contribution is -2.38. The Kier molecular flexibility index (Phi) is 4.62. The topological polar surface area (TPSA) is 18.5 Å². The highest BCUT2D eigenvalue weighted by molar-refractivity contribution is 4.80. The highest BCUT2D eigenvalue weighted by Gasteiger charge is 2.24. The third-order valence-electron chi connectivity index (χ3n) is 4.01. The Bertz CT molecular complexity index is 207. The maximum Gasteiger partial charge on any atom is 0.0166 e. The first-order chi connectivity index (χ1) is 7.78. The first-order valence-electron chi connectivity index (χ1n) is 6.96. The average Bonchev–Trinajstić information content (AvgIpc) is 2.62. The lowest BCUT2D eigenvalue weighted by Gasteiger charge is -2.25. The maximum atomic E-state index is 3.57. The van der Waals surface area contributed by atoms with Gasteiger partial charge in [-0.3, -0.25) is 0 Å². The molecule has 2 fully saturated rings. The Morgan fingerprint density at radius 1 is 1.19 bits per heavy atom. The quantitative estimate of drug-likeness (QED) is 0.773. The minimum Gasteiger partial charge on any atom is -0.313 e. The zero-order chi connectivity index (χ0) is 11.4. The lowest BCUT2D eigenvalue weighted by atomic mass is 10.1. The summed E-state index contributed by atoms with van der Waals surface area (Å²) in [4.78, 5) is 5.26. The molecule has 3 nitrogen and oxygen atoms in total. The van der Waals surface area contributed by atoms with Gasteiger partial charge in [0.25, 0.3) is 0 Å². The molecule has 0 aromatic carbocycles. The van der Waals surface area contributed by atoms with Crippen LogP contribution in [-0.2, 0) is 0 Å². The summed E-state index contributed by atoms with van der Waals surface area (Å²) in [5.74, 6) is 0.922. The first-order valence-corrected chi connectivity index (χ1v) is 6.96. The van der Waals surface area contributed by atoms with Crippen LogP contribution in [0.2, 0.25) is 0 Å². The largest absolute Gasteiger partial charge is 0.313 e. The van der Waals surface area contributed by atoms with Crippen LogP contribution in [0.5, 0.6) is 0 Å².